The predicted molar refractivity (Wildman–Crippen MR) is 5.85 cm³/mol. The maximum Gasteiger partial charge on any atom is 1.00 e. The quantitative estimate of drug-likeness (QED) is 0.302. The van der Waals surface area contributed by atoms with Crippen LogP contribution in [0.1, 0.15) is 0 Å². The largest absolute Gasteiger partial charge is 1.00 e. The number of halogens is 2. The molecule has 0 saturated heterocycles. The number of rotatable bonds is 0. The second-order valence-electron chi connectivity index (χ2n) is 0. The molecule has 0 aromatic rings. The number of hydrogen-bond donors (Lipinski definition) is 0. The Bertz CT molecular complexity index is 6.00. The van der Waals surface area contributed by atoms with Gasteiger partial charge in [-0.2, -0.15) is 0 Å². The van der Waals surface area contributed by atoms with E-state index in [1.165, 1.54) is 0 Å². The second-order valence-corrected chi connectivity index (χ2v) is 0. The average Bonchev–Trinajstić information content (AvgIpc) is 1.00. The van der Waals surface area contributed by atoms with Crippen LogP contribution in [0.4, 0.5) is 0 Å². The van der Waals surface area contributed by atoms with Crippen molar-refractivity contribution >= 4 is 10.1 Å². The van der Waals surface area contributed by atoms with Gasteiger partial charge in [-0.15, -0.1) is 0 Å². The Kier molecular flexibility index (Phi) is 80.3. The number of hydrogen-bond acceptors (Lipinski definition) is 0. The molecule has 0 atom stereocenters. The minimum atomic E-state index is 0. The average molecular weight is 150 g/mol. The first-order chi connectivity index (χ1) is 1.00. The summed E-state index contributed by atoms with van der Waals surface area (Å²) in [5.74, 6) is 0. The summed E-state index contributed by atoms with van der Waals surface area (Å²) in [4.78, 5) is 0. The molecule has 0 N–H and O–H groups in total. The molecule has 0 unspecified atom stereocenters. The van der Waals surface area contributed by atoms with Crippen molar-refractivity contribution in [3.8, 4) is 0 Å². The van der Waals surface area contributed by atoms with Gasteiger partial charge in [-0.1, -0.05) is 0 Å². The molecule has 0 fully saturated rings. The van der Waals surface area contributed by atoms with Crippen molar-refractivity contribution in [2.45, 2.75) is 0 Å². The first kappa shape index (κ1) is 16.5. The third kappa shape index (κ3) is 8.93. The molecule has 0 aliphatic carbocycles. The molecular weight excluding hydrogens is 150 g/mol. The molecule has 0 aromatic heterocycles. The molecule has 4 heteroatoms. The SMILES string of the molecule is [Cl-].[Cl][Fe].[Na+]. The summed E-state index contributed by atoms with van der Waals surface area (Å²) < 4.78 is 0. The molecule has 0 spiro atoms. The molecule has 23 valence electrons. The van der Waals surface area contributed by atoms with Crippen LogP contribution in [-0.4, -0.2) is 0 Å². The molecule has 0 aromatic carbocycles. The van der Waals surface area contributed by atoms with E-state index in [1.807, 2.05) is 0 Å². The fraction of sp³-hybridized carbons (Fsp3) is 0. The first-order valence-electron chi connectivity index (χ1n) is 0.134. The molecular formula is Cl2FeNa. The van der Waals surface area contributed by atoms with Gasteiger partial charge in [0.25, 0.3) is 0 Å². The van der Waals surface area contributed by atoms with Gasteiger partial charge >= 0.3 is 54.8 Å². The molecule has 0 nitrogen and oxygen atoms in total. The van der Waals surface area contributed by atoms with Crippen LogP contribution in [-0.2, 0) is 15.1 Å². The molecule has 0 rings (SSSR count). The van der Waals surface area contributed by atoms with Crippen LogP contribution in [0.2, 0.25) is 0 Å². The second kappa shape index (κ2) is 19.4. The zero-order valence-corrected chi connectivity index (χ0v) is 6.73. The van der Waals surface area contributed by atoms with Gasteiger partial charge in [0.1, 0.15) is 0 Å². The van der Waals surface area contributed by atoms with Gasteiger partial charge in [-0.05, 0) is 0 Å². The summed E-state index contributed by atoms with van der Waals surface area (Å²) in [6, 6.07) is 0. The van der Waals surface area contributed by atoms with E-state index in [-0.39, 0.29) is 42.0 Å². The maximum absolute atomic E-state index is 4.39. The van der Waals surface area contributed by atoms with Crippen LogP contribution in [0, 0.1) is 0 Å². The van der Waals surface area contributed by atoms with Crippen molar-refractivity contribution in [1.29, 1.82) is 0 Å². The van der Waals surface area contributed by atoms with Gasteiger partial charge in [-0.25, -0.2) is 0 Å². The topological polar surface area (TPSA) is 0 Å². The molecule has 0 heterocycles. The molecule has 0 bridgehead atoms. The third-order valence-electron chi connectivity index (χ3n) is 0. The normalized spacial score (nSPS) is 1.50. The van der Waals surface area contributed by atoms with Crippen LogP contribution in [0.25, 0.3) is 0 Å². The Morgan fingerprint density at radius 3 is 1.25 bits per heavy atom. The fourth-order valence-electron chi connectivity index (χ4n) is 0. The maximum atomic E-state index is 4.39. The summed E-state index contributed by atoms with van der Waals surface area (Å²) >= 11 is 2.72. The Balaban J connectivity index is -0.00000000500. The van der Waals surface area contributed by atoms with Gasteiger partial charge in [0.15, 0.2) is 0 Å². The summed E-state index contributed by atoms with van der Waals surface area (Å²) in [6.45, 7) is 0. The Labute approximate surface area is 66.4 Å². The van der Waals surface area contributed by atoms with E-state index >= 15 is 0 Å². The standard InChI is InChI=1S/2ClH.Fe.Na/h2*1H;;/q;;2*+1/p-2. The minimum absolute atomic E-state index is 0. The van der Waals surface area contributed by atoms with Crippen molar-refractivity contribution in [1.82, 2.24) is 0 Å². The predicted octanol–water partition coefficient (Wildman–Crippen LogP) is -5.30. The molecule has 0 amide bonds. The molecule has 4 heavy (non-hydrogen) atoms. The molecule has 0 aliphatic heterocycles. The Morgan fingerprint density at radius 1 is 1.25 bits per heavy atom. The van der Waals surface area contributed by atoms with E-state index in [9.17, 15) is 0 Å². The van der Waals surface area contributed by atoms with Crippen LogP contribution in [0.3, 0.4) is 0 Å². The van der Waals surface area contributed by atoms with E-state index in [0.29, 0.717) is 0 Å². The smallest absolute Gasteiger partial charge is 1.00 e. The van der Waals surface area contributed by atoms with Crippen LogP contribution >= 0.6 is 10.1 Å². The molecule has 0 aliphatic rings. The fourth-order valence-corrected chi connectivity index (χ4v) is 0. The first-order valence-corrected chi connectivity index (χ1v) is 1.65. The monoisotopic (exact) mass is 149 g/mol. The zero-order valence-electron chi connectivity index (χ0n) is 2.11. The van der Waals surface area contributed by atoms with E-state index in [4.69, 9.17) is 0 Å². The van der Waals surface area contributed by atoms with Gasteiger partial charge in [-0.3, -0.25) is 0 Å². The third-order valence-corrected chi connectivity index (χ3v) is 0. The van der Waals surface area contributed by atoms with Crippen molar-refractivity contribution < 1.29 is 57.1 Å². The van der Waals surface area contributed by atoms with Crippen molar-refractivity contribution in [2.75, 3.05) is 0 Å². The summed E-state index contributed by atoms with van der Waals surface area (Å²) in [5, 5.41) is 0. The van der Waals surface area contributed by atoms with Crippen LogP contribution in [0.5, 0.6) is 0 Å². The summed E-state index contributed by atoms with van der Waals surface area (Å²) in [5.41, 5.74) is 0. The van der Waals surface area contributed by atoms with E-state index in [1.54, 1.807) is 0 Å². The van der Waals surface area contributed by atoms with Crippen molar-refractivity contribution in [2.24, 2.45) is 0 Å². The minimum Gasteiger partial charge on any atom is 1.00 e. The van der Waals surface area contributed by atoms with Crippen molar-refractivity contribution in [3.63, 3.8) is 0 Å². The zero-order chi connectivity index (χ0) is 2.00. The van der Waals surface area contributed by atoms with E-state index in [0.717, 1.165) is 0 Å². The van der Waals surface area contributed by atoms with Gasteiger partial charge in [0.2, 0.25) is 0 Å². The summed E-state index contributed by atoms with van der Waals surface area (Å²) in [6.07, 6.45) is 0. The van der Waals surface area contributed by atoms with Gasteiger partial charge < -0.3 is 12.4 Å². The van der Waals surface area contributed by atoms with Crippen LogP contribution in [0.15, 0.2) is 0 Å². The van der Waals surface area contributed by atoms with Gasteiger partial charge in [0.05, 0.1) is 0 Å². The van der Waals surface area contributed by atoms with E-state index < -0.39 is 0 Å². The Hall–Kier alpha value is 2.10. The molecule has 0 saturated carbocycles. The van der Waals surface area contributed by atoms with Gasteiger partial charge in [0, 0.05) is 0 Å². The Morgan fingerprint density at radius 2 is 1.25 bits per heavy atom. The van der Waals surface area contributed by atoms with E-state index in [2.05, 4.69) is 25.2 Å². The molecule has 0 radical (unpaired) electrons. The summed E-state index contributed by atoms with van der Waals surface area (Å²) in [7, 11) is 4.39. The van der Waals surface area contributed by atoms with Crippen LogP contribution < -0.4 is 42.0 Å². The van der Waals surface area contributed by atoms with Crippen molar-refractivity contribution in [3.05, 3.63) is 0 Å².